The van der Waals surface area contributed by atoms with Crippen molar-refractivity contribution in [3.05, 3.63) is 75.6 Å². The summed E-state index contributed by atoms with van der Waals surface area (Å²) in [5.74, 6) is 2.26. The Morgan fingerprint density at radius 1 is 1.25 bits per heavy atom. The summed E-state index contributed by atoms with van der Waals surface area (Å²) in [6.45, 7) is 0.343. The molecule has 1 unspecified atom stereocenters. The lowest BCUT2D eigenvalue weighted by molar-refractivity contribution is -0.121. The first-order valence-electron chi connectivity index (χ1n) is 10.0. The fraction of sp³-hybridized carbons (Fsp3) is 0.273. The summed E-state index contributed by atoms with van der Waals surface area (Å²) in [5, 5.41) is 15.0. The first kappa shape index (κ1) is 22.6. The fourth-order valence-corrected chi connectivity index (χ4v) is 4.48. The Labute approximate surface area is 199 Å². The smallest absolute Gasteiger partial charge is 0.226 e. The maximum atomic E-state index is 12.8. The zero-order chi connectivity index (χ0) is 22.3. The summed E-state index contributed by atoms with van der Waals surface area (Å²) >= 11 is 9.10. The molecule has 7 nitrogen and oxygen atoms in total. The van der Waals surface area contributed by atoms with E-state index in [1.807, 2.05) is 52.6 Å². The number of pyridine rings is 1. The number of carbonyl (C=O) groups excluding carboxylic acids is 1. The summed E-state index contributed by atoms with van der Waals surface area (Å²) in [4.78, 5) is 17.3. The first-order chi connectivity index (χ1) is 15.6. The van der Waals surface area contributed by atoms with Crippen molar-refractivity contribution in [3.63, 3.8) is 0 Å². The van der Waals surface area contributed by atoms with E-state index in [0.717, 1.165) is 40.1 Å². The molecule has 0 aliphatic carbocycles. The van der Waals surface area contributed by atoms with Crippen LogP contribution in [-0.4, -0.2) is 37.5 Å². The summed E-state index contributed by atoms with van der Waals surface area (Å²) < 4.78 is 7.65. The van der Waals surface area contributed by atoms with Gasteiger partial charge in [-0.3, -0.25) is 9.20 Å². The molecule has 0 spiro atoms. The molecule has 3 aromatic heterocycles. The van der Waals surface area contributed by atoms with Gasteiger partial charge in [0.2, 0.25) is 5.91 Å². The molecule has 0 fully saturated rings. The van der Waals surface area contributed by atoms with Crippen LogP contribution in [-0.2, 0) is 17.8 Å². The normalized spacial score (nSPS) is 12.1. The van der Waals surface area contributed by atoms with Crippen LogP contribution < -0.4 is 10.1 Å². The number of nitrogens with zero attached hydrogens (tertiary/aromatic N) is 4. The van der Waals surface area contributed by atoms with Gasteiger partial charge in [-0.05, 0) is 54.8 Å². The summed E-state index contributed by atoms with van der Waals surface area (Å²) in [7, 11) is 0. The molecular weight excluding hydrogens is 466 g/mol. The van der Waals surface area contributed by atoms with Crippen molar-refractivity contribution in [1.82, 2.24) is 24.9 Å². The van der Waals surface area contributed by atoms with Gasteiger partial charge in [0, 0.05) is 16.6 Å². The zero-order valence-corrected chi connectivity index (χ0v) is 19.8. The van der Waals surface area contributed by atoms with Gasteiger partial charge in [0.25, 0.3) is 0 Å². The van der Waals surface area contributed by atoms with E-state index >= 15 is 0 Å². The standard InChI is InChI=1S/C22H22ClN5O2S2/c1-31-11-9-18(22-27-26-19-4-2-3-10-28(19)22)25-20(29)12-16-14-32-21(24-16)13-30-17-7-5-15(23)6-8-17/h2-8,10,14,18H,9,11-13H2,1H3,(H,25,29). The van der Waals surface area contributed by atoms with Crippen molar-refractivity contribution in [3.8, 4) is 5.75 Å². The van der Waals surface area contributed by atoms with Gasteiger partial charge in [-0.15, -0.1) is 21.5 Å². The molecule has 32 heavy (non-hydrogen) atoms. The predicted molar refractivity (Wildman–Crippen MR) is 128 cm³/mol. The first-order valence-corrected chi connectivity index (χ1v) is 12.7. The Morgan fingerprint density at radius 2 is 2.09 bits per heavy atom. The van der Waals surface area contributed by atoms with Crippen LogP contribution in [0.3, 0.4) is 0 Å². The van der Waals surface area contributed by atoms with Gasteiger partial charge < -0.3 is 10.1 Å². The van der Waals surface area contributed by atoms with Crippen LogP contribution in [0.5, 0.6) is 5.75 Å². The summed E-state index contributed by atoms with van der Waals surface area (Å²) in [5.41, 5.74) is 1.48. The minimum atomic E-state index is -0.223. The molecule has 0 bridgehead atoms. The Kier molecular flexibility index (Phi) is 7.62. The van der Waals surface area contributed by atoms with Crippen LogP contribution in [0, 0.1) is 0 Å². The molecule has 4 aromatic rings. The second-order valence-electron chi connectivity index (χ2n) is 7.04. The van der Waals surface area contributed by atoms with Crippen LogP contribution in [0.15, 0.2) is 54.0 Å². The van der Waals surface area contributed by atoms with Crippen LogP contribution in [0.1, 0.15) is 29.0 Å². The Hall–Kier alpha value is -2.62. The Morgan fingerprint density at radius 3 is 2.91 bits per heavy atom. The number of thioether (sulfide) groups is 1. The minimum absolute atomic E-state index is 0.0979. The quantitative estimate of drug-likeness (QED) is 0.353. The van der Waals surface area contributed by atoms with Crippen LogP contribution in [0.2, 0.25) is 5.02 Å². The Bertz CT molecular complexity index is 1180. The van der Waals surface area contributed by atoms with E-state index in [-0.39, 0.29) is 18.4 Å². The number of benzene rings is 1. The number of nitrogens with one attached hydrogen (secondary N) is 1. The third-order valence-electron chi connectivity index (χ3n) is 4.71. The number of fused-ring (bicyclic) bond motifs is 1. The topological polar surface area (TPSA) is 81.4 Å². The number of hydrogen-bond donors (Lipinski definition) is 1. The molecule has 0 saturated carbocycles. The lowest BCUT2D eigenvalue weighted by atomic mass is 10.2. The van der Waals surface area contributed by atoms with Crippen molar-refractivity contribution < 1.29 is 9.53 Å². The van der Waals surface area contributed by atoms with E-state index in [1.165, 1.54) is 11.3 Å². The third-order valence-corrected chi connectivity index (χ3v) is 6.48. The molecule has 0 radical (unpaired) electrons. The van der Waals surface area contributed by atoms with Crippen molar-refractivity contribution in [2.24, 2.45) is 0 Å². The average molecular weight is 488 g/mol. The fourth-order valence-electron chi connectivity index (χ4n) is 3.18. The molecule has 0 saturated heterocycles. The van der Waals surface area contributed by atoms with Crippen molar-refractivity contribution in [1.29, 1.82) is 0 Å². The van der Waals surface area contributed by atoms with E-state index in [2.05, 4.69) is 20.5 Å². The lowest BCUT2D eigenvalue weighted by Gasteiger charge is -2.16. The number of aromatic nitrogens is 4. The molecule has 166 valence electrons. The number of carbonyl (C=O) groups is 1. The Balaban J connectivity index is 1.37. The summed E-state index contributed by atoms with van der Waals surface area (Å²) in [6.07, 6.45) is 4.92. The molecular formula is C22H22ClN5O2S2. The number of halogens is 1. The second kappa shape index (κ2) is 10.8. The van der Waals surface area contributed by atoms with Gasteiger partial charge in [-0.25, -0.2) is 4.98 Å². The third kappa shape index (κ3) is 5.79. The highest BCUT2D eigenvalue weighted by Crippen LogP contribution is 2.20. The minimum Gasteiger partial charge on any atom is -0.486 e. The average Bonchev–Trinajstić information content (AvgIpc) is 3.43. The SMILES string of the molecule is CSCCC(NC(=O)Cc1csc(COc2ccc(Cl)cc2)n1)c1nnc2ccccn12. The van der Waals surface area contributed by atoms with E-state index in [1.54, 1.807) is 23.9 Å². The van der Waals surface area contributed by atoms with Gasteiger partial charge in [0.1, 0.15) is 17.4 Å². The molecule has 0 aliphatic rings. The molecule has 1 N–H and O–H groups in total. The van der Waals surface area contributed by atoms with Gasteiger partial charge in [-0.1, -0.05) is 17.7 Å². The molecule has 1 aromatic carbocycles. The number of rotatable bonds is 10. The van der Waals surface area contributed by atoms with Crippen LogP contribution >= 0.6 is 34.7 Å². The van der Waals surface area contributed by atoms with Gasteiger partial charge in [0.15, 0.2) is 11.5 Å². The highest BCUT2D eigenvalue weighted by molar-refractivity contribution is 7.98. The lowest BCUT2D eigenvalue weighted by Crippen LogP contribution is -2.31. The van der Waals surface area contributed by atoms with Crippen molar-refractivity contribution in [2.45, 2.75) is 25.5 Å². The van der Waals surface area contributed by atoms with E-state index < -0.39 is 0 Å². The van der Waals surface area contributed by atoms with Gasteiger partial charge >= 0.3 is 0 Å². The highest BCUT2D eigenvalue weighted by Gasteiger charge is 2.20. The maximum absolute atomic E-state index is 12.8. The van der Waals surface area contributed by atoms with E-state index in [4.69, 9.17) is 16.3 Å². The van der Waals surface area contributed by atoms with Crippen molar-refractivity contribution >= 4 is 46.3 Å². The monoisotopic (exact) mass is 487 g/mol. The molecule has 4 rings (SSSR count). The van der Waals surface area contributed by atoms with Crippen molar-refractivity contribution in [2.75, 3.05) is 12.0 Å². The molecule has 3 heterocycles. The number of ether oxygens (including phenoxy) is 1. The summed E-state index contributed by atoms with van der Waals surface area (Å²) in [6, 6.07) is 12.7. The molecule has 1 atom stereocenters. The van der Waals surface area contributed by atoms with Gasteiger partial charge in [0.05, 0.1) is 18.2 Å². The zero-order valence-electron chi connectivity index (χ0n) is 17.4. The van der Waals surface area contributed by atoms with E-state index in [9.17, 15) is 4.79 Å². The van der Waals surface area contributed by atoms with Gasteiger partial charge in [-0.2, -0.15) is 11.8 Å². The highest BCUT2D eigenvalue weighted by atomic mass is 35.5. The maximum Gasteiger partial charge on any atom is 0.226 e. The predicted octanol–water partition coefficient (Wildman–Crippen LogP) is 4.57. The number of thiazole rings is 1. The van der Waals surface area contributed by atoms with Crippen LogP contribution in [0.4, 0.5) is 0 Å². The van der Waals surface area contributed by atoms with Crippen LogP contribution in [0.25, 0.3) is 5.65 Å². The number of amides is 1. The van der Waals surface area contributed by atoms with E-state index in [0.29, 0.717) is 11.6 Å². The largest absolute Gasteiger partial charge is 0.486 e. The number of hydrogen-bond acceptors (Lipinski definition) is 7. The molecule has 0 aliphatic heterocycles. The molecule has 10 heteroatoms. The molecule has 1 amide bonds. The second-order valence-corrected chi connectivity index (χ2v) is 9.41.